The fourth-order valence-corrected chi connectivity index (χ4v) is 3.81. The van der Waals surface area contributed by atoms with E-state index in [0.717, 1.165) is 10.0 Å². The summed E-state index contributed by atoms with van der Waals surface area (Å²) in [5.41, 5.74) is 2.66. The van der Waals surface area contributed by atoms with Gasteiger partial charge in [-0.3, -0.25) is 4.79 Å². The lowest BCUT2D eigenvalue weighted by Crippen LogP contribution is -2.13. The summed E-state index contributed by atoms with van der Waals surface area (Å²) in [4.78, 5) is 12.8. The zero-order chi connectivity index (χ0) is 26.0. The van der Waals surface area contributed by atoms with Gasteiger partial charge >= 0.3 is 0 Å². The number of nitriles is 1. The molecule has 4 aromatic carbocycles. The van der Waals surface area contributed by atoms with Gasteiger partial charge in [0, 0.05) is 15.7 Å². The third kappa shape index (κ3) is 7.53. The van der Waals surface area contributed by atoms with Crippen LogP contribution < -0.4 is 14.8 Å². The van der Waals surface area contributed by atoms with Crippen LogP contribution in [0.1, 0.15) is 16.7 Å². The van der Waals surface area contributed by atoms with Gasteiger partial charge in [-0.1, -0.05) is 58.4 Å². The number of benzene rings is 4. The molecular weight excluding hydrogens is 535 g/mol. The molecule has 1 amide bonds. The maximum absolute atomic E-state index is 13.5. The SMILES string of the molecule is N#C/C(=C\c1cc(Br)ccc1OCc1cccc(F)c1)C(=O)Nc1ccc(OCc2ccccc2)cc1. The molecule has 37 heavy (non-hydrogen) atoms. The summed E-state index contributed by atoms with van der Waals surface area (Å²) in [5, 5.41) is 12.4. The van der Waals surface area contributed by atoms with E-state index in [1.807, 2.05) is 36.4 Å². The summed E-state index contributed by atoms with van der Waals surface area (Å²) in [6, 6.07) is 30.0. The molecule has 0 aliphatic carbocycles. The predicted octanol–water partition coefficient (Wildman–Crippen LogP) is 7.29. The molecule has 0 bridgehead atoms. The second kappa shape index (κ2) is 12.5. The van der Waals surface area contributed by atoms with Crippen LogP contribution in [0.2, 0.25) is 0 Å². The molecule has 4 aromatic rings. The van der Waals surface area contributed by atoms with Gasteiger partial charge in [-0.2, -0.15) is 5.26 Å². The van der Waals surface area contributed by atoms with Crippen molar-refractivity contribution in [1.82, 2.24) is 0 Å². The van der Waals surface area contributed by atoms with Gasteiger partial charge in [-0.25, -0.2) is 4.39 Å². The van der Waals surface area contributed by atoms with E-state index in [0.29, 0.717) is 34.9 Å². The number of carbonyl (C=O) groups is 1. The summed E-state index contributed by atoms with van der Waals surface area (Å²) in [5.74, 6) is 0.202. The van der Waals surface area contributed by atoms with Crippen LogP contribution in [-0.4, -0.2) is 5.91 Å². The van der Waals surface area contributed by atoms with Crippen LogP contribution in [0.4, 0.5) is 10.1 Å². The molecule has 0 unspecified atom stereocenters. The molecule has 0 radical (unpaired) electrons. The van der Waals surface area contributed by atoms with Crippen molar-refractivity contribution in [2.75, 3.05) is 5.32 Å². The topological polar surface area (TPSA) is 71.3 Å². The molecule has 0 saturated heterocycles. The van der Waals surface area contributed by atoms with Crippen LogP contribution >= 0.6 is 15.9 Å². The monoisotopic (exact) mass is 556 g/mol. The number of halogens is 2. The van der Waals surface area contributed by atoms with Gasteiger partial charge in [0.25, 0.3) is 5.91 Å². The van der Waals surface area contributed by atoms with Crippen LogP contribution in [0.5, 0.6) is 11.5 Å². The van der Waals surface area contributed by atoms with Gasteiger partial charge in [-0.05, 0) is 71.8 Å². The van der Waals surface area contributed by atoms with Gasteiger partial charge in [-0.15, -0.1) is 0 Å². The van der Waals surface area contributed by atoms with Gasteiger partial charge in [0.1, 0.15) is 42.2 Å². The largest absolute Gasteiger partial charge is 0.489 e. The van der Waals surface area contributed by atoms with E-state index >= 15 is 0 Å². The summed E-state index contributed by atoms with van der Waals surface area (Å²) < 4.78 is 25.9. The molecule has 0 aliphatic heterocycles. The first kappa shape index (κ1) is 25.7. The highest BCUT2D eigenvalue weighted by Gasteiger charge is 2.12. The minimum atomic E-state index is -0.559. The first-order valence-electron chi connectivity index (χ1n) is 11.4. The van der Waals surface area contributed by atoms with Crippen molar-refractivity contribution in [3.05, 3.63) is 130 Å². The molecule has 184 valence electrons. The fourth-order valence-electron chi connectivity index (χ4n) is 3.43. The van der Waals surface area contributed by atoms with Crippen LogP contribution in [0.15, 0.2) is 107 Å². The lowest BCUT2D eigenvalue weighted by molar-refractivity contribution is -0.112. The number of anilines is 1. The first-order valence-corrected chi connectivity index (χ1v) is 12.2. The highest BCUT2D eigenvalue weighted by Crippen LogP contribution is 2.27. The third-order valence-electron chi connectivity index (χ3n) is 5.28. The highest BCUT2D eigenvalue weighted by atomic mass is 79.9. The normalized spacial score (nSPS) is 10.9. The van der Waals surface area contributed by atoms with Crippen LogP contribution in [0.3, 0.4) is 0 Å². The summed E-state index contributed by atoms with van der Waals surface area (Å²) >= 11 is 3.41. The number of hydrogen-bond donors (Lipinski definition) is 1. The number of carbonyl (C=O) groups excluding carboxylic acids is 1. The number of amides is 1. The average molecular weight is 557 g/mol. The third-order valence-corrected chi connectivity index (χ3v) is 5.77. The second-order valence-corrected chi connectivity index (χ2v) is 8.94. The fraction of sp³-hybridized carbons (Fsp3) is 0.0667. The van der Waals surface area contributed by atoms with Crippen LogP contribution in [0, 0.1) is 17.1 Å². The zero-order valence-electron chi connectivity index (χ0n) is 19.7. The minimum absolute atomic E-state index is 0.0990. The summed E-state index contributed by atoms with van der Waals surface area (Å²) in [6.45, 7) is 0.567. The van der Waals surface area contributed by atoms with Crippen molar-refractivity contribution in [2.24, 2.45) is 0 Å². The molecule has 0 saturated carbocycles. The Morgan fingerprint density at radius 2 is 1.62 bits per heavy atom. The molecule has 0 atom stereocenters. The summed E-state index contributed by atoms with van der Waals surface area (Å²) in [6.07, 6.45) is 1.46. The van der Waals surface area contributed by atoms with Crippen molar-refractivity contribution in [1.29, 1.82) is 5.26 Å². The number of hydrogen-bond acceptors (Lipinski definition) is 4. The Balaban J connectivity index is 1.43. The van der Waals surface area contributed by atoms with Crippen LogP contribution in [-0.2, 0) is 18.0 Å². The maximum Gasteiger partial charge on any atom is 0.266 e. The molecule has 0 spiro atoms. The average Bonchev–Trinajstić information content (AvgIpc) is 2.91. The lowest BCUT2D eigenvalue weighted by atomic mass is 10.1. The van der Waals surface area contributed by atoms with E-state index in [4.69, 9.17) is 9.47 Å². The minimum Gasteiger partial charge on any atom is -0.489 e. The van der Waals surface area contributed by atoms with E-state index < -0.39 is 5.91 Å². The Hall–Kier alpha value is -4.41. The first-order chi connectivity index (χ1) is 18.0. The second-order valence-electron chi connectivity index (χ2n) is 8.02. The molecular formula is C30H22BrFN2O3. The molecule has 0 heterocycles. The lowest BCUT2D eigenvalue weighted by Gasteiger charge is -2.11. The summed E-state index contributed by atoms with van der Waals surface area (Å²) in [7, 11) is 0. The van der Waals surface area contributed by atoms with Gasteiger partial charge < -0.3 is 14.8 Å². The van der Waals surface area contributed by atoms with E-state index in [1.165, 1.54) is 18.2 Å². The smallest absolute Gasteiger partial charge is 0.266 e. The highest BCUT2D eigenvalue weighted by molar-refractivity contribution is 9.10. The van der Waals surface area contributed by atoms with Gasteiger partial charge in [0.15, 0.2) is 0 Å². The quantitative estimate of drug-likeness (QED) is 0.173. The Morgan fingerprint density at radius 1 is 0.892 bits per heavy atom. The number of nitrogens with one attached hydrogen (secondary N) is 1. The molecule has 0 aromatic heterocycles. The predicted molar refractivity (Wildman–Crippen MR) is 144 cm³/mol. The molecule has 7 heteroatoms. The standard InChI is InChI=1S/C30H22BrFN2O3/c31-25-9-14-29(37-20-22-7-4-8-26(32)15-22)23(17-25)16-24(18-33)30(35)34-27-10-12-28(13-11-27)36-19-21-5-2-1-3-6-21/h1-17H,19-20H2,(H,34,35)/b24-16+. The molecule has 0 fully saturated rings. The Labute approximate surface area is 222 Å². The number of ether oxygens (including phenoxy) is 2. The van der Waals surface area contributed by atoms with E-state index in [1.54, 1.807) is 54.6 Å². The maximum atomic E-state index is 13.5. The van der Waals surface area contributed by atoms with E-state index in [-0.39, 0.29) is 18.0 Å². The van der Waals surface area contributed by atoms with E-state index in [9.17, 15) is 14.4 Å². The van der Waals surface area contributed by atoms with Crippen molar-refractivity contribution < 1.29 is 18.7 Å². The van der Waals surface area contributed by atoms with Crippen molar-refractivity contribution in [3.8, 4) is 17.6 Å². The van der Waals surface area contributed by atoms with Crippen molar-refractivity contribution in [3.63, 3.8) is 0 Å². The number of rotatable bonds is 9. The molecule has 0 aliphatic rings. The van der Waals surface area contributed by atoms with Gasteiger partial charge in [0.05, 0.1) is 0 Å². The Bertz CT molecular complexity index is 1450. The Kier molecular flexibility index (Phi) is 8.69. The van der Waals surface area contributed by atoms with Crippen molar-refractivity contribution in [2.45, 2.75) is 13.2 Å². The van der Waals surface area contributed by atoms with Gasteiger partial charge in [0.2, 0.25) is 0 Å². The molecule has 5 nitrogen and oxygen atoms in total. The molecule has 4 rings (SSSR count). The van der Waals surface area contributed by atoms with Crippen LogP contribution in [0.25, 0.3) is 6.08 Å². The van der Waals surface area contributed by atoms with Crippen molar-refractivity contribution >= 4 is 33.6 Å². The van der Waals surface area contributed by atoms with E-state index in [2.05, 4.69) is 21.2 Å². The zero-order valence-corrected chi connectivity index (χ0v) is 21.2. The number of nitrogens with zero attached hydrogens (tertiary/aromatic N) is 1. The molecule has 1 N–H and O–H groups in total. The Morgan fingerprint density at radius 3 is 2.35 bits per heavy atom.